The van der Waals surface area contributed by atoms with Crippen LogP contribution in [0.1, 0.15) is 33.5 Å². The van der Waals surface area contributed by atoms with E-state index in [2.05, 4.69) is 5.32 Å². The van der Waals surface area contributed by atoms with E-state index < -0.39 is 11.0 Å². The number of carbonyl (C=O) groups is 1. The Morgan fingerprint density at radius 3 is 2.52 bits per heavy atom. The molecule has 0 aliphatic heterocycles. The number of ether oxygens (including phenoxy) is 1. The molecule has 21 heavy (non-hydrogen) atoms. The lowest BCUT2D eigenvalue weighted by atomic mass is 9.74. The zero-order valence-electron chi connectivity index (χ0n) is 13.3. The Hall–Kier alpha value is -1.81. The molecule has 0 saturated carbocycles. The molecule has 2 rings (SSSR count). The van der Waals surface area contributed by atoms with E-state index in [0.717, 1.165) is 16.7 Å². The standard InChI is InChI=1S/C17H23NO3/c1-16(2,15(19)20-5)17(3,4)18-11-13-10-12-8-6-7-9-14(12)21-13/h6-10,18H,11H2,1-5H3. The summed E-state index contributed by atoms with van der Waals surface area (Å²) in [6.45, 7) is 8.30. The maximum atomic E-state index is 11.9. The summed E-state index contributed by atoms with van der Waals surface area (Å²) in [7, 11) is 1.42. The maximum Gasteiger partial charge on any atom is 0.313 e. The topological polar surface area (TPSA) is 51.5 Å². The highest BCUT2D eigenvalue weighted by atomic mass is 16.5. The fourth-order valence-electron chi connectivity index (χ4n) is 2.16. The van der Waals surface area contributed by atoms with Gasteiger partial charge in [-0.1, -0.05) is 18.2 Å². The van der Waals surface area contributed by atoms with E-state index in [0.29, 0.717) is 6.54 Å². The fourth-order valence-corrected chi connectivity index (χ4v) is 2.16. The van der Waals surface area contributed by atoms with Crippen LogP contribution >= 0.6 is 0 Å². The van der Waals surface area contributed by atoms with E-state index in [4.69, 9.17) is 9.15 Å². The number of nitrogens with one attached hydrogen (secondary N) is 1. The highest BCUT2D eigenvalue weighted by molar-refractivity contribution is 5.78. The van der Waals surface area contributed by atoms with Crippen molar-refractivity contribution in [1.82, 2.24) is 5.32 Å². The number of fused-ring (bicyclic) bond motifs is 1. The van der Waals surface area contributed by atoms with Crippen LogP contribution in [0.15, 0.2) is 34.7 Å². The van der Waals surface area contributed by atoms with Crippen molar-refractivity contribution in [3.8, 4) is 0 Å². The number of hydrogen-bond acceptors (Lipinski definition) is 4. The summed E-state index contributed by atoms with van der Waals surface area (Å²) in [6, 6.07) is 9.92. The molecular formula is C17H23NO3. The molecule has 0 fully saturated rings. The zero-order valence-corrected chi connectivity index (χ0v) is 13.3. The molecule has 0 spiro atoms. The van der Waals surface area contributed by atoms with Gasteiger partial charge in [0, 0.05) is 10.9 Å². The molecule has 0 aliphatic rings. The number of furan rings is 1. The van der Waals surface area contributed by atoms with Crippen molar-refractivity contribution in [3.05, 3.63) is 36.1 Å². The van der Waals surface area contributed by atoms with Crippen molar-refractivity contribution in [1.29, 1.82) is 0 Å². The third kappa shape index (κ3) is 2.95. The number of para-hydroxylation sites is 1. The smallest absolute Gasteiger partial charge is 0.313 e. The first-order chi connectivity index (χ1) is 9.78. The normalized spacial score (nSPS) is 12.6. The lowest BCUT2D eigenvalue weighted by Gasteiger charge is -2.39. The van der Waals surface area contributed by atoms with Crippen LogP contribution < -0.4 is 5.32 Å². The second-order valence-corrected chi connectivity index (χ2v) is 6.35. The molecule has 0 aliphatic carbocycles. The van der Waals surface area contributed by atoms with Crippen LogP contribution in [-0.4, -0.2) is 18.6 Å². The molecule has 1 aromatic heterocycles. The van der Waals surface area contributed by atoms with Crippen molar-refractivity contribution < 1.29 is 13.9 Å². The number of benzene rings is 1. The Labute approximate surface area is 125 Å². The van der Waals surface area contributed by atoms with Gasteiger partial charge >= 0.3 is 5.97 Å². The lowest BCUT2D eigenvalue weighted by Crippen LogP contribution is -2.55. The van der Waals surface area contributed by atoms with Crippen molar-refractivity contribution in [3.63, 3.8) is 0 Å². The maximum absolute atomic E-state index is 11.9. The number of methoxy groups -OCH3 is 1. The highest BCUT2D eigenvalue weighted by Crippen LogP contribution is 2.32. The quantitative estimate of drug-likeness (QED) is 0.856. The van der Waals surface area contributed by atoms with Crippen LogP contribution in [0.5, 0.6) is 0 Å². The highest BCUT2D eigenvalue weighted by Gasteiger charge is 2.44. The Morgan fingerprint density at radius 1 is 1.24 bits per heavy atom. The van der Waals surface area contributed by atoms with Gasteiger partial charge in [-0.25, -0.2) is 0 Å². The lowest BCUT2D eigenvalue weighted by molar-refractivity contribution is -0.155. The Kier molecular flexibility index (Phi) is 4.10. The molecule has 1 heterocycles. The van der Waals surface area contributed by atoms with E-state index in [1.165, 1.54) is 7.11 Å². The van der Waals surface area contributed by atoms with E-state index in [-0.39, 0.29) is 5.97 Å². The average molecular weight is 289 g/mol. The van der Waals surface area contributed by atoms with Gasteiger partial charge in [0.1, 0.15) is 11.3 Å². The minimum atomic E-state index is -0.645. The molecule has 114 valence electrons. The van der Waals surface area contributed by atoms with Crippen molar-refractivity contribution in [2.75, 3.05) is 7.11 Å². The van der Waals surface area contributed by atoms with Gasteiger partial charge in [-0.3, -0.25) is 4.79 Å². The van der Waals surface area contributed by atoms with Crippen LogP contribution in [-0.2, 0) is 16.1 Å². The van der Waals surface area contributed by atoms with Crippen molar-refractivity contribution in [2.45, 2.75) is 39.8 Å². The summed E-state index contributed by atoms with van der Waals surface area (Å²) in [5, 5.41) is 4.48. The first-order valence-corrected chi connectivity index (χ1v) is 7.09. The number of esters is 1. The Balaban J connectivity index is 2.12. The van der Waals surface area contributed by atoms with Gasteiger partial charge < -0.3 is 14.5 Å². The monoisotopic (exact) mass is 289 g/mol. The van der Waals surface area contributed by atoms with Gasteiger partial charge in [0.05, 0.1) is 19.1 Å². The van der Waals surface area contributed by atoms with Crippen LogP contribution in [0.2, 0.25) is 0 Å². The number of rotatable bonds is 5. The summed E-state index contributed by atoms with van der Waals surface area (Å²) in [5.41, 5.74) is -0.202. The Morgan fingerprint density at radius 2 is 1.90 bits per heavy atom. The Bertz CT molecular complexity index is 607. The molecule has 1 aromatic carbocycles. The van der Waals surface area contributed by atoms with Gasteiger partial charge in [-0.15, -0.1) is 0 Å². The summed E-state index contributed by atoms with van der Waals surface area (Å²) >= 11 is 0. The summed E-state index contributed by atoms with van der Waals surface area (Å²) in [4.78, 5) is 11.9. The largest absolute Gasteiger partial charge is 0.469 e. The summed E-state index contributed by atoms with van der Waals surface area (Å²) < 4.78 is 10.7. The van der Waals surface area contributed by atoms with Crippen molar-refractivity contribution in [2.24, 2.45) is 5.41 Å². The number of hydrogen-bond donors (Lipinski definition) is 1. The average Bonchev–Trinajstić information content (AvgIpc) is 2.87. The second-order valence-electron chi connectivity index (χ2n) is 6.35. The molecule has 4 heteroatoms. The first-order valence-electron chi connectivity index (χ1n) is 7.09. The molecule has 0 unspecified atom stereocenters. The van der Waals surface area contributed by atoms with E-state index >= 15 is 0 Å². The second kappa shape index (κ2) is 5.53. The van der Waals surface area contributed by atoms with Crippen LogP contribution in [0.25, 0.3) is 11.0 Å². The molecule has 4 nitrogen and oxygen atoms in total. The molecule has 0 amide bonds. The molecular weight excluding hydrogens is 266 g/mol. The predicted molar refractivity (Wildman–Crippen MR) is 82.9 cm³/mol. The summed E-state index contributed by atoms with van der Waals surface area (Å²) in [6.07, 6.45) is 0. The molecule has 1 N–H and O–H groups in total. The van der Waals surface area contributed by atoms with E-state index in [9.17, 15) is 4.79 Å². The van der Waals surface area contributed by atoms with Gasteiger partial charge in [0.2, 0.25) is 0 Å². The van der Waals surface area contributed by atoms with Crippen molar-refractivity contribution >= 4 is 16.9 Å². The SMILES string of the molecule is COC(=O)C(C)(C)C(C)(C)NCc1cc2ccccc2o1. The molecule has 0 atom stereocenters. The van der Waals surface area contributed by atoms with E-state index in [1.54, 1.807) is 0 Å². The van der Waals surface area contributed by atoms with Crippen LogP contribution in [0, 0.1) is 5.41 Å². The summed E-state index contributed by atoms with van der Waals surface area (Å²) in [5.74, 6) is 0.620. The van der Waals surface area contributed by atoms with Crippen LogP contribution in [0.3, 0.4) is 0 Å². The van der Waals surface area contributed by atoms with Gasteiger partial charge in [0.15, 0.2) is 0 Å². The molecule has 0 radical (unpaired) electrons. The third-order valence-electron chi connectivity index (χ3n) is 4.44. The fraction of sp³-hybridized carbons (Fsp3) is 0.471. The third-order valence-corrected chi connectivity index (χ3v) is 4.44. The zero-order chi connectivity index (χ0) is 15.7. The molecule has 0 bridgehead atoms. The van der Waals surface area contributed by atoms with E-state index in [1.807, 2.05) is 58.0 Å². The first kappa shape index (κ1) is 15.6. The van der Waals surface area contributed by atoms with Gasteiger partial charge in [0.25, 0.3) is 0 Å². The predicted octanol–water partition coefficient (Wildman–Crippen LogP) is 3.50. The van der Waals surface area contributed by atoms with Crippen LogP contribution in [0.4, 0.5) is 0 Å². The van der Waals surface area contributed by atoms with Gasteiger partial charge in [-0.2, -0.15) is 0 Å². The minimum absolute atomic E-state index is 0.232. The molecule has 0 saturated heterocycles. The number of carbonyl (C=O) groups excluding carboxylic acids is 1. The molecule has 2 aromatic rings. The van der Waals surface area contributed by atoms with Gasteiger partial charge in [-0.05, 0) is 39.8 Å². The minimum Gasteiger partial charge on any atom is -0.469 e.